The molecule has 1 aromatic carbocycles. The molecule has 0 radical (unpaired) electrons. The average Bonchev–Trinajstić information content (AvgIpc) is 2.67. The smallest absolute Gasteiger partial charge is 0.336 e. The minimum Gasteiger partial charge on any atom is -0.336 e. The van der Waals surface area contributed by atoms with E-state index in [-0.39, 0.29) is 43.3 Å². The number of hydrogen-bond donors (Lipinski definition) is 0. The summed E-state index contributed by atoms with van der Waals surface area (Å²) in [5.74, 6) is -0.422. The molecule has 3 rings (SSSR count). The molecule has 1 aliphatic heterocycles. The SMILES string of the molecule is Cc1ccn(C(C)c2ccccc2)c(=O)c1C(=O)N1CCN(CC(F)(F)F)CC1. The number of aryl methyl sites for hydroxylation is 1. The molecule has 0 N–H and O–H groups in total. The largest absolute Gasteiger partial charge is 0.401 e. The molecule has 1 atom stereocenters. The molecule has 0 aliphatic carbocycles. The van der Waals surface area contributed by atoms with Gasteiger partial charge >= 0.3 is 6.18 Å². The number of amides is 1. The molecule has 156 valence electrons. The van der Waals surface area contributed by atoms with E-state index < -0.39 is 18.6 Å². The van der Waals surface area contributed by atoms with Crippen LogP contribution < -0.4 is 5.56 Å². The van der Waals surface area contributed by atoms with Crippen molar-refractivity contribution in [3.63, 3.8) is 0 Å². The van der Waals surface area contributed by atoms with Gasteiger partial charge in [0.15, 0.2) is 0 Å². The zero-order valence-electron chi connectivity index (χ0n) is 16.4. The Morgan fingerprint density at radius 1 is 1.07 bits per heavy atom. The van der Waals surface area contributed by atoms with Crippen LogP contribution in [0.3, 0.4) is 0 Å². The number of piperazine rings is 1. The standard InChI is InChI=1S/C21H24F3N3O2/c1-15-8-9-27(16(2)17-6-4-3-5-7-17)20(29)18(15)19(28)26-12-10-25(11-13-26)14-21(22,23)24/h3-9,16H,10-14H2,1-2H3. The first-order valence-electron chi connectivity index (χ1n) is 9.52. The lowest BCUT2D eigenvalue weighted by Gasteiger charge is -2.35. The summed E-state index contributed by atoms with van der Waals surface area (Å²) in [5, 5.41) is 0. The third-order valence-corrected chi connectivity index (χ3v) is 5.30. The summed E-state index contributed by atoms with van der Waals surface area (Å²) >= 11 is 0. The van der Waals surface area contributed by atoms with Gasteiger partial charge in [0.05, 0.1) is 12.6 Å². The lowest BCUT2D eigenvalue weighted by molar-refractivity contribution is -0.148. The molecule has 1 fully saturated rings. The Kier molecular flexibility index (Phi) is 6.12. The Balaban J connectivity index is 1.80. The Bertz CT molecular complexity index is 917. The van der Waals surface area contributed by atoms with Crippen LogP contribution in [0.15, 0.2) is 47.4 Å². The number of alkyl halides is 3. The monoisotopic (exact) mass is 407 g/mol. The maximum Gasteiger partial charge on any atom is 0.401 e. The van der Waals surface area contributed by atoms with Gasteiger partial charge in [-0.1, -0.05) is 30.3 Å². The van der Waals surface area contributed by atoms with Gasteiger partial charge in [-0.25, -0.2) is 0 Å². The quantitative estimate of drug-likeness (QED) is 0.783. The topological polar surface area (TPSA) is 45.6 Å². The van der Waals surface area contributed by atoms with E-state index in [2.05, 4.69) is 0 Å². The fourth-order valence-corrected chi connectivity index (χ4v) is 3.62. The first-order valence-corrected chi connectivity index (χ1v) is 9.52. The second kappa shape index (κ2) is 8.41. The van der Waals surface area contributed by atoms with Crippen molar-refractivity contribution in [2.24, 2.45) is 0 Å². The van der Waals surface area contributed by atoms with Gasteiger partial charge in [0.2, 0.25) is 0 Å². The van der Waals surface area contributed by atoms with Crippen LogP contribution >= 0.6 is 0 Å². The maximum atomic E-state index is 13.1. The lowest BCUT2D eigenvalue weighted by Crippen LogP contribution is -2.52. The van der Waals surface area contributed by atoms with E-state index in [1.54, 1.807) is 19.2 Å². The number of hydrogen-bond acceptors (Lipinski definition) is 3. The fraction of sp³-hybridized carbons (Fsp3) is 0.429. The summed E-state index contributed by atoms with van der Waals surface area (Å²) in [6.07, 6.45) is -2.59. The van der Waals surface area contributed by atoms with Crippen molar-refractivity contribution in [2.45, 2.75) is 26.1 Å². The van der Waals surface area contributed by atoms with Crippen LogP contribution in [0.1, 0.15) is 34.5 Å². The maximum absolute atomic E-state index is 13.1. The van der Waals surface area contributed by atoms with Crippen molar-refractivity contribution < 1.29 is 18.0 Å². The summed E-state index contributed by atoms with van der Waals surface area (Å²) < 4.78 is 39.2. The minimum atomic E-state index is -4.26. The van der Waals surface area contributed by atoms with Gasteiger partial charge in [-0.05, 0) is 31.0 Å². The van der Waals surface area contributed by atoms with E-state index >= 15 is 0 Å². The summed E-state index contributed by atoms with van der Waals surface area (Å²) in [6, 6.07) is 11.0. The van der Waals surface area contributed by atoms with Gasteiger partial charge in [-0.2, -0.15) is 13.2 Å². The predicted octanol–water partition coefficient (Wildman–Crippen LogP) is 3.09. The van der Waals surface area contributed by atoms with Gasteiger partial charge in [0, 0.05) is 32.4 Å². The van der Waals surface area contributed by atoms with Gasteiger partial charge < -0.3 is 9.47 Å². The summed E-state index contributed by atoms with van der Waals surface area (Å²) in [4.78, 5) is 28.9. The summed E-state index contributed by atoms with van der Waals surface area (Å²) in [7, 11) is 0. The molecule has 1 amide bonds. The molecule has 0 saturated carbocycles. The second-order valence-electron chi connectivity index (χ2n) is 7.36. The molecular weight excluding hydrogens is 383 g/mol. The zero-order valence-corrected chi connectivity index (χ0v) is 16.4. The van der Waals surface area contributed by atoms with Crippen molar-refractivity contribution in [1.82, 2.24) is 14.4 Å². The number of halogens is 3. The molecule has 0 bridgehead atoms. The minimum absolute atomic E-state index is 0.0829. The Hall–Kier alpha value is -2.61. The highest BCUT2D eigenvalue weighted by atomic mass is 19.4. The third kappa shape index (κ3) is 4.87. The van der Waals surface area contributed by atoms with Crippen LogP contribution in [0, 0.1) is 6.92 Å². The molecule has 2 heterocycles. The van der Waals surface area contributed by atoms with Crippen molar-refractivity contribution in [1.29, 1.82) is 0 Å². The molecule has 8 heteroatoms. The van der Waals surface area contributed by atoms with Crippen LogP contribution in [-0.4, -0.2) is 59.2 Å². The molecule has 1 aromatic heterocycles. The number of pyridine rings is 1. The van der Waals surface area contributed by atoms with Crippen molar-refractivity contribution >= 4 is 5.91 Å². The molecule has 1 unspecified atom stereocenters. The van der Waals surface area contributed by atoms with Gasteiger partial charge in [0.1, 0.15) is 5.56 Å². The van der Waals surface area contributed by atoms with E-state index in [0.717, 1.165) is 5.56 Å². The van der Waals surface area contributed by atoms with Crippen molar-refractivity contribution in [2.75, 3.05) is 32.7 Å². The molecule has 2 aromatic rings. The number of carbonyl (C=O) groups is 1. The molecule has 1 aliphatic rings. The number of aromatic nitrogens is 1. The fourth-order valence-electron chi connectivity index (χ4n) is 3.62. The normalized spacial score (nSPS) is 16.7. The molecule has 29 heavy (non-hydrogen) atoms. The van der Waals surface area contributed by atoms with Crippen LogP contribution in [0.2, 0.25) is 0 Å². The lowest BCUT2D eigenvalue weighted by atomic mass is 10.1. The van der Waals surface area contributed by atoms with E-state index in [0.29, 0.717) is 5.56 Å². The van der Waals surface area contributed by atoms with E-state index in [9.17, 15) is 22.8 Å². The number of benzene rings is 1. The van der Waals surface area contributed by atoms with Gasteiger partial charge in [-0.15, -0.1) is 0 Å². The van der Waals surface area contributed by atoms with Crippen LogP contribution in [-0.2, 0) is 0 Å². The van der Waals surface area contributed by atoms with Crippen LogP contribution in [0.4, 0.5) is 13.2 Å². The second-order valence-corrected chi connectivity index (χ2v) is 7.36. The number of carbonyl (C=O) groups excluding carboxylic acids is 1. The molecular formula is C21H24F3N3O2. The van der Waals surface area contributed by atoms with E-state index in [4.69, 9.17) is 0 Å². The third-order valence-electron chi connectivity index (χ3n) is 5.30. The highest BCUT2D eigenvalue weighted by molar-refractivity contribution is 5.95. The van der Waals surface area contributed by atoms with Crippen molar-refractivity contribution in [3.05, 3.63) is 69.6 Å². The number of nitrogens with zero attached hydrogens (tertiary/aromatic N) is 3. The van der Waals surface area contributed by atoms with Crippen molar-refractivity contribution in [3.8, 4) is 0 Å². The summed E-state index contributed by atoms with van der Waals surface area (Å²) in [5.41, 5.74) is 1.20. The Morgan fingerprint density at radius 2 is 1.69 bits per heavy atom. The van der Waals surface area contributed by atoms with Gasteiger partial charge in [-0.3, -0.25) is 14.5 Å². The van der Waals surface area contributed by atoms with Crippen LogP contribution in [0.25, 0.3) is 0 Å². The van der Waals surface area contributed by atoms with E-state index in [1.807, 2.05) is 37.3 Å². The first kappa shape index (κ1) is 21.1. The first-order chi connectivity index (χ1) is 13.7. The average molecular weight is 407 g/mol. The highest BCUT2D eigenvalue weighted by Gasteiger charge is 2.33. The van der Waals surface area contributed by atoms with E-state index in [1.165, 1.54) is 14.4 Å². The summed E-state index contributed by atoms with van der Waals surface area (Å²) in [6.45, 7) is 3.19. The Morgan fingerprint density at radius 3 is 2.28 bits per heavy atom. The highest BCUT2D eigenvalue weighted by Crippen LogP contribution is 2.19. The molecule has 1 saturated heterocycles. The predicted molar refractivity (Wildman–Crippen MR) is 104 cm³/mol. The molecule has 0 spiro atoms. The molecule has 5 nitrogen and oxygen atoms in total. The van der Waals surface area contributed by atoms with Crippen LogP contribution in [0.5, 0.6) is 0 Å². The van der Waals surface area contributed by atoms with Gasteiger partial charge in [0.25, 0.3) is 11.5 Å². The Labute approximate surface area is 167 Å². The number of rotatable bonds is 4. The zero-order chi connectivity index (χ0) is 21.2.